The van der Waals surface area contributed by atoms with Crippen molar-refractivity contribution in [3.63, 3.8) is 0 Å². The molecule has 0 saturated heterocycles. The number of nitrogens with zero attached hydrogens (tertiary/aromatic N) is 1. The van der Waals surface area contributed by atoms with E-state index in [0.29, 0.717) is 49.9 Å². The van der Waals surface area contributed by atoms with Gasteiger partial charge in [0.1, 0.15) is 5.78 Å². The van der Waals surface area contributed by atoms with E-state index in [1.807, 2.05) is 27.7 Å². The Balaban J connectivity index is 4.00. The van der Waals surface area contributed by atoms with Crippen molar-refractivity contribution >= 4 is 50.9 Å². The van der Waals surface area contributed by atoms with Crippen molar-refractivity contribution in [2.45, 2.75) is 104 Å². The zero-order chi connectivity index (χ0) is 29.1. The molecule has 0 radical (unpaired) electrons. The Kier molecular flexibility index (Phi) is 20.4. The van der Waals surface area contributed by atoms with Crippen LogP contribution < -0.4 is 16.0 Å². The van der Waals surface area contributed by atoms with E-state index in [9.17, 15) is 24.0 Å². The van der Waals surface area contributed by atoms with Crippen molar-refractivity contribution in [2.75, 3.05) is 32.4 Å². The van der Waals surface area contributed by atoms with Crippen molar-refractivity contribution in [3.05, 3.63) is 0 Å². The normalized spacial score (nSPS) is 12.8. The van der Waals surface area contributed by atoms with Crippen molar-refractivity contribution in [3.8, 4) is 0 Å². The highest BCUT2D eigenvalue weighted by Crippen LogP contribution is 2.29. The van der Waals surface area contributed by atoms with E-state index in [-0.39, 0.29) is 48.2 Å². The summed E-state index contributed by atoms with van der Waals surface area (Å²) in [5.74, 6) is 0.408. The lowest BCUT2D eigenvalue weighted by Gasteiger charge is -2.19. The molecule has 0 rings (SSSR count). The summed E-state index contributed by atoms with van der Waals surface area (Å²) in [6, 6.07) is -0.222. The van der Waals surface area contributed by atoms with Crippen molar-refractivity contribution < 1.29 is 24.0 Å². The Labute approximate surface area is 237 Å². The lowest BCUT2D eigenvalue weighted by atomic mass is 10.1. The Morgan fingerprint density at radius 1 is 0.842 bits per heavy atom. The third kappa shape index (κ3) is 19.5. The minimum atomic E-state index is -0.590. The Bertz CT molecular complexity index is 749. The number of amides is 3. The number of nitrogens with one attached hydrogen (secondary N) is 3. The largest absolute Gasteiger partial charge is 0.355 e. The summed E-state index contributed by atoms with van der Waals surface area (Å²) in [6.07, 6.45) is 3.35. The summed E-state index contributed by atoms with van der Waals surface area (Å²) >= 11 is 0. The molecular weight excluding hydrogens is 524 g/mol. The molecule has 1 unspecified atom stereocenters. The number of hydrogen-bond acceptors (Lipinski definition) is 8. The SMILES string of the molecule is CC(C)NCCCC(=O)[C@H](C)NC(=O)CN(C)C(=O)CCCC(=O)CCC(C)SSCCNC(=O)C(C)C. The van der Waals surface area contributed by atoms with Crippen molar-refractivity contribution in [1.82, 2.24) is 20.9 Å². The summed E-state index contributed by atoms with van der Waals surface area (Å²) in [5.41, 5.74) is 0. The van der Waals surface area contributed by atoms with Gasteiger partial charge in [-0.1, -0.05) is 56.2 Å². The predicted octanol–water partition coefficient (Wildman–Crippen LogP) is 3.36. The molecule has 0 fully saturated rings. The van der Waals surface area contributed by atoms with Crippen LogP contribution in [-0.2, 0) is 24.0 Å². The molecule has 0 aromatic heterocycles. The zero-order valence-electron chi connectivity index (χ0n) is 24.4. The second-order valence-electron chi connectivity index (χ2n) is 10.3. The molecule has 3 N–H and O–H groups in total. The second-order valence-corrected chi connectivity index (χ2v) is 13.2. The molecular formula is C27H50N4O5S2. The van der Waals surface area contributed by atoms with Crippen molar-refractivity contribution in [1.29, 1.82) is 0 Å². The smallest absolute Gasteiger partial charge is 0.240 e. The number of likely N-dealkylation sites (N-methyl/N-ethyl adjacent to an activating group) is 1. The molecule has 0 aliphatic rings. The van der Waals surface area contributed by atoms with E-state index in [1.165, 1.54) is 4.90 Å². The Morgan fingerprint density at radius 3 is 2.16 bits per heavy atom. The number of Topliss-reactive ketones (excluding diaryl/α,β-unsaturated/α-hetero) is 2. The quantitative estimate of drug-likeness (QED) is 0.133. The number of carbonyl (C=O) groups excluding carboxylic acids is 5. The minimum Gasteiger partial charge on any atom is -0.355 e. The summed E-state index contributed by atoms with van der Waals surface area (Å²) in [5, 5.41) is 9.13. The van der Waals surface area contributed by atoms with Gasteiger partial charge in [0.05, 0.1) is 12.6 Å². The zero-order valence-corrected chi connectivity index (χ0v) is 26.0. The van der Waals surface area contributed by atoms with E-state index in [2.05, 4.69) is 22.9 Å². The number of hydrogen-bond donors (Lipinski definition) is 3. The monoisotopic (exact) mass is 574 g/mol. The third-order valence-corrected chi connectivity index (χ3v) is 8.70. The highest BCUT2D eigenvalue weighted by molar-refractivity contribution is 8.76. The fourth-order valence-corrected chi connectivity index (χ4v) is 5.54. The number of carbonyl (C=O) groups is 5. The first-order valence-electron chi connectivity index (χ1n) is 13.7. The Hall–Kier alpha value is -1.59. The fraction of sp³-hybridized carbons (Fsp3) is 0.815. The van der Waals surface area contributed by atoms with Gasteiger partial charge in [0, 0.05) is 62.2 Å². The first-order valence-corrected chi connectivity index (χ1v) is 16.1. The maximum absolute atomic E-state index is 12.4. The van der Waals surface area contributed by atoms with Crippen LogP contribution >= 0.6 is 21.6 Å². The molecule has 0 spiro atoms. The molecule has 11 heteroatoms. The maximum atomic E-state index is 12.4. The van der Waals surface area contributed by atoms with Gasteiger partial charge in [0.2, 0.25) is 17.7 Å². The molecule has 2 atom stereocenters. The predicted molar refractivity (Wildman–Crippen MR) is 158 cm³/mol. The first kappa shape index (κ1) is 36.4. The number of ketones is 2. The van der Waals surface area contributed by atoms with Gasteiger partial charge in [0.15, 0.2) is 5.78 Å². The third-order valence-electron chi connectivity index (χ3n) is 5.74. The molecule has 0 aliphatic heterocycles. The van der Waals surface area contributed by atoms with Crippen LogP contribution in [0.5, 0.6) is 0 Å². The van der Waals surface area contributed by atoms with Crippen LogP contribution in [0.4, 0.5) is 0 Å². The van der Waals surface area contributed by atoms with Gasteiger partial charge in [0.25, 0.3) is 0 Å². The average Bonchev–Trinajstić information content (AvgIpc) is 2.84. The van der Waals surface area contributed by atoms with Crippen LogP contribution in [0.15, 0.2) is 0 Å². The van der Waals surface area contributed by atoms with Gasteiger partial charge in [-0.2, -0.15) is 0 Å². The lowest BCUT2D eigenvalue weighted by molar-refractivity contribution is -0.135. The molecule has 0 aliphatic carbocycles. The standard InChI is InChI=1S/C27H50N4O5S2/c1-19(2)27(36)29-16-17-37-38-21(5)13-14-23(32)10-8-12-26(35)31(7)18-25(34)30-22(6)24(33)11-9-15-28-20(3)4/h19-22,28H,8-18H2,1-7H3,(H,29,36)(H,30,34)/t21?,22-/m0/s1. The molecule has 3 amide bonds. The van der Waals surface area contributed by atoms with E-state index in [4.69, 9.17) is 0 Å². The van der Waals surface area contributed by atoms with Gasteiger partial charge in [-0.25, -0.2) is 0 Å². The highest BCUT2D eigenvalue weighted by Gasteiger charge is 2.18. The summed E-state index contributed by atoms with van der Waals surface area (Å²) in [7, 11) is 4.97. The van der Waals surface area contributed by atoms with E-state index >= 15 is 0 Å². The molecule has 9 nitrogen and oxygen atoms in total. The topological polar surface area (TPSA) is 125 Å². The molecule has 220 valence electrons. The van der Waals surface area contributed by atoms with Gasteiger partial charge in [-0.15, -0.1) is 0 Å². The molecule has 0 bridgehead atoms. The molecule has 0 aromatic carbocycles. The molecule has 0 saturated carbocycles. The summed E-state index contributed by atoms with van der Waals surface area (Å²) in [4.78, 5) is 61.9. The van der Waals surface area contributed by atoms with Crippen LogP contribution in [0.25, 0.3) is 0 Å². The maximum Gasteiger partial charge on any atom is 0.240 e. The second kappa shape index (κ2) is 21.3. The number of rotatable bonds is 22. The lowest BCUT2D eigenvalue weighted by Crippen LogP contribution is -2.44. The van der Waals surface area contributed by atoms with Crippen LogP contribution in [-0.4, -0.2) is 84.0 Å². The van der Waals surface area contributed by atoms with Gasteiger partial charge in [-0.05, 0) is 32.7 Å². The van der Waals surface area contributed by atoms with Crippen molar-refractivity contribution in [2.24, 2.45) is 5.92 Å². The summed E-state index contributed by atoms with van der Waals surface area (Å²) < 4.78 is 0. The minimum absolute atomic E-state index is 0.00851. The van der Waals surface area contributed by atoms with Crippen LogP contribution in [0.3, 0.4) is 0 Å². The first-order chi connectivity index (χ1) is 17.8. The van der Waals surface area contributed by atoms with E-state index in [0.717, 1.165) is 18.7 Å². The summed E-state index contributed by atoms with van der Waals surface area (Å²) in [6.45, 7) is 12.8. The molecule has 38 heavy (non-hydrogen) atoms. The molecule has 0 heterocycles. The van der Waals surface area contributed by atoms with E-state index < -0.39 is 6.04 Å². The van der Waals surface area contributed by atoms with Crippen LogP contribution in [0, 0.1) is 5.92 Å². The average molecular weight is 575 g/mol. The fourth-order valence-electron chi connectivity index (χ4n) is 3.29. The van der Waals surface area contributed by atoms with Gasteiger partial charge < -0.3 is 20.9 Å². The van der Waals surface area contributed by atoms with Gasteiger partial charge >= 0.3 is 0 Å². The van der Waals surface area contributed by atoms with Crippen LogP contribution in [0.2, 0.25) is 0 Å². The Morgan fingerprint density at radius 2 is 1.53 bits per heavy atom. The van der Waals surface area contributed by atoms with E-state index in [1.54, 1.807) is 35.6 Å². The van der Waals surface area contributed by atoms with Gasteiger partial charge in [-0.3, -0.25) is 24.0 Å². The molecule has 0 aromatic rings. The van der Waals surface area contributed by atoms with Crippen LogP contribution in [0.1, 0.15) is 86.5 Å². The highest BCUT2D eigenvalue weighted by atomic mass is 33.1.